The molecule has 1 aromatic heterocycles. The van der Waals surface area contributed by atoms with Gasteiger partial charge in [0.2, 0.25) is 5.13 Å². The monoisotopic (exact) mass is 291 g/mol. The minimum atomic E-state index is -0.358. The Kier molecular flexibility index (Phi) is 4.52. The minimum absolute atomic E-state index is 0.358. The molecular formula is C13H17N5OS. The van der Waals surface area contributed by atoms with Gasteiger partial charge in [0.1, 0.15) is 5.01 Å². The van der Waals surface area contributed by atoms with Crippen LogP contribution in [0.2, 0.25) is 0 Å². The van der Waals surface area contributed by atoms with Crippen LogP contribution in [-0.2, 0) is 6.42 Å². The molecule has 0 saturated heterocycles. The average molecular weight is 291 g/mol. The lowest BCUT2D eigenvalue weighted by molar-refractivity contribution is 0.262. The standard InChI is InChI=1S/C13H17N5OS/c1-8(2)6-11-17-18-13(20-11)16-12(19)15-10-5-3-4-9(14)7-10/h3-5,7-8H,6,14H2,1-2H3,(H2,15,16,18,19). The molecule has 4 N–H and O–H groups in total. The fourth-order valence-electron chi connectivity index (χ4n) is 1.61. The topological polar surface area (TPSA) is 92.9 Å². The van der Waals surface area contributed by atoms with Crippen molar-refractivity contribution >= 4 is 33.9 Å². The molecule has 7 heteroatoms. The third-order valence-electron chi connectivity index (χ3n) is 2.41. The summed E-state index contributed by atoms with van der Waals surface area (Å²) in [7, 11) is 0. The number of amides is 2. The lowest BCUT2D eigenvalue weighted by atomic mass is 10.1. The molecule has 6 nitrogen and oxygen atoms in total. The zero-order chi connectivity index (χ0) is 14.5. The van der Waals surface area contributed by atoms with Crippen molar-refractivity contribution in [2.75, 3.05) is 16.4 Å². The Bertz CT molecular complexity index is 596. The van der Waals surface area contributed by atoms with Gasteiger partial charge in [0, 0.05) is 17.8 Å². The van der Waals surface area contributed by atoms with Gasteiger partial charge < -0.3 is 11.1 Å². The Hall–Kier alpha value is -2.15. The summed E-state index contributed by atoms with van der Waals surface area (Å²) in [5, 5.41) is 14.7. The third-order valence-corrected chi connectivity index (χ3v) is 3.28. The van der Waals surface area contributed by atoms with Crippen molar-refractivity contribution in [1.82, 2.24) is 10.2 Å². The number of carbonyl (C=O) groups is 1. The summed E-state index contributed by atoms with van der Waals surface area (Å²) in [6.07, 6.45) is 0.857. The van der Waals surface area contributed by atoms with E-state index in [1.165, 1.54) is 11.3 Å². The number of nitrogens with two attached hydrogens (primary N) is 1. The maximum Gasteiger partial charge on any atom is 0.325 e. The summed E-state index contributed by atoms with van der Waals surface area (Å²) in [4.78, 5) is 11.8. The number of nitrogen functional groups attached to an aromatic ring is 1. The summed E-state index contributed by atoms with van der Waals surface area (Å²) < 4.78 is 0. The largest absolute Gasteiger partial charge is 0.399 e. The second-order valence-electron chi connectivity index (χ2n) is 4.80. The Balaban J connectivity index is 1.93. The maximum absolute atomic E-state index is 11.8. The molecule has 1 aromatic carbocycles. The van der Waals surface area contributed by atoms with E-state index in [2.05, 4.69) is 34.7 Å². The second kappa shape index (κ2) is 6.33. The van der Waals surface area contributed by atoms with Crippen LogP contribution in [0.3, 0.4) is 0 Å². The molecule has 0 spiro atoms. The fraction of sp³-hybridized carbons (Fsp3) is 0.308. The molecule has 2 amide bonds. The first-order valence-electron chi connectivity index (χ1n) is 6.29. The smallest absolute Gasteiger partial charge is 0.325 e. The zero-order valence-electron chi connectivity index (χ0n) is 11.4. The molecule has 1 heterocycles. The Morgan fingerprint density at radius 2 is 2.15 bits per heavy atom. The van der Waals surface area contributed by atoms with Gasteiger partial charge in [-0.3, -0.25) is 5.32 Å². The number of nitrogens with zero attached hydrogens (tertiary/aromatic N) is 2. The molecule has 0 saturated carbocycles. The number of hydrogen-bond acceptors (Lipinski definition) is 5. The highest BCUT2D eigenvalue weighted by molar-refractivity contribution is 7.15. The quantitative estimate of drug-likeness (QED) is 0.755. The highest BCUT2D eigenvalue weighted by atomic mass is 32.1. The van der Waals surface area contributed by atoms with Crippen LogP contribution in [0.4, 0.5) is 21.3 Å². The summed E-state index contributed by atoms with van der Waals surface area (Å²) in [6.45, 7) is 4.22. The van der Waals surface area contributed by atoms with Gasteiger partial charge in [-0.1, -0.05) is 31.3 Å². The molecule has 0 unspecified atom stereocenters. The predicted molar refractivity (Wildman–Crippen MR) is 81.9 cm³/mol. The SMILES string of the molecule is CC(C)Cc1nnc(NC(=O)Nc2cccc(N)c2)s1. The van der Waals surface area contributed by atoms with Crippen LogP contribution in [0.25, 0.3) is 0 Å². The Morgan fingerprint density at radius 1 is 1.35 bits per heavy atom. The van der Waals surface area contributed by atoms with Gasteiger partial charge in [0.25, 0.3) is 0 Å². The number of carbonyl (C=O) groups excluding carboxylic acids is 1. The van der Waals surface area contributed by atoms with E-state index in [4.69, 9.17) is 5.73 Å². The second-order valence-corrected chi connectivity index (χ2v) is 5.87. The minimum Gasteiger partial charge on any atom is -0.399 e. The molecule has 0 radical (unpaired) electrons. The van der Waals surface area contributed by atoms with E-state index in [1.807, 2.05) is 0 Å². The van der Waals surface area contributed by atoms with Crippen molar-refractivity contribution in [3.05, 3.63) is 29.3 Å². The van der Waals surface area contributed by atoms with Gasteiger partial charge in [0.05, 0.1) is 0 Å². The van der Waals surface area contributed by atoms with Gasteiger partial charge >= 0.3 is 6.03 Å². The van der Waals surface area contributed by atoms with E-state index in [0.29, 0.717) is 22.4 Å². The molecule has 0 fully saturated rings. The van der Waals surface area contributed by atoms with Crippen LogP contribution < -0.4 is 16.4 Å². The lowest BCUT2D eigenvalue weighted by Gasteiger charge is -2.05. The number of hydrogen-bond donors (Lipinski definition) is 3. The van der Waals surface area contributed by atoms with E-state index >= 15 is 0 Å². The molecule has 0 atom stereocenters. The Morgan fingerprint density at radius 3 is 2.85 bits per heavy atom. The number of aromatic nitrogens is 2. The highest BCUT2D eigenvalue weighted by Crippen LogP contribution is 2.19. The molecule has 20 heavy (non-hydrogen) atoms. The fourth-order valence-corrected chi connectivity index (χ4v) is 2.56. The number of urea groups is 1. The van der Waals surface area contributed by atoms with Gasteiger partial charge in [-0.25, -0.2) is 4.79 Å². The Labute approximate surface area is 121 Å². The molecule has 0 aliphatic carbocycles. The van der Waals surface area contributed by atoms with Gasteiger partial charge in [0.15, 0.2) is 0 Å². The third kappa shape index (κ3) is 4.20. The number of nitrogens with one attached hydrogen (secondary N) is 2. The summed E-state index contributed by atoms with van der Waals surface area (Å²) in [5.41, 5.74) is 6.87. The first-order valence-corrected chi connectivity index (χ1v) is 7.10. The van der Waals surface area contributed by atoms with Crippen LogP contribution in [0.1, 0.15) is 18.9 Å². The van der Waals surface area contributed by atoms with Crippen LogP contribution in [0.5, 0.6) is 0 Å². The summed E-state index contributed by atoms with van der Waals surface area (Å²) >= 11 is 1.38. The first-order chi connectivity index (χ1) is 9.52. The molecule has 2 rings (SSSR count). The molecule has 0 aliphatic heterocycles. The van der Waals surface area contributed by atoms with Gasteiger partial charge in [-0.15, -0.1) is 10.2 Å². The molecule has 0 aliphatic rings. The number of benzene rings is 1. The van der Waals surface area contributed by atoms with E-state index < -0.39 is 0 Å². The normalized spacial score (nSPS) is 10.6. The van der Waals surface area contributed by atoms with Crippen molar-refractivity contribution in [3.8, 4) is 0 Å². The van der Waals surface area contributed by atoms with Crippen LogP contribution in [-0.4, -0.2) is 16.2 Å². The van der Waals surface area contributed by atoms with Crippen LogP contribution in [0.15, 0.2) is 24.3 Å². The predicted octanol–water partition coefficient (Wildman–Crippen LogP) is 2.96. The van der Waals surface area contributed by atoms with Gasteiger partial charge in [-0.2, -0.15) is 0 Å². The molecule has 2 aromatic rings. The van der Waals surface area contributed by atoms with E-state index in [9.17, 15) is 4.79 Å². The van der Waals surface area contributed by atoms with Crippen molar-refractivity contribution in [3.63, 3.8) is 0 Å². The lowest BCUT2D eigenvalue weighted by Crippen LogP contribution is -2.19. The van der Waals surface area contributed by atoms with E-state index in [0.717, 1.165) is 11.4 Å². The van der Waals surface area contributed by atoms with E-state index in [-0.39, 0.29) is 6.03 Å². The molecule has 0 bridgehead atoms. The average Bonchev–Trinajstić information content (AvgIpc) is 2.75. The van der Waals surface area contributed by atoms with Crippen LogP contribution >= 0.6 is 11.3 Å². The molecular weight excluding hydrogens is 274 g/mol. The van der Waals surface area contributed by atoms with Crippen molar-refractivity contribution in [1.29, 1.82) is 0 Å². The van der Waals surface area contributed by atoms with Gasteiger partial charge in [-0.05, 0) is 24.1 Å². The zero-order valence-corrected chi connectivity index (χ0v) is 12.2. The molecule has 106 valence electrons. The number of anilines is 3. The maximum atomic E-state index is 11.8. The number of rotatable bonds is 4. The van der Waals surface area contributed by atoms with E-state index in [1.54, 1.807) is 24.3 Å². The van der Waals surface area contributed by atoms with Crippen molar-refractivity contribution in [2.24, 2.45) is 5.92 Å². The summed E-state index contributed by atoms with van der Waals surface area (Å²) in [6, 6.07) is 6.62. The van der Waals surface area contributed by atoms with Crippen LogP contribution in [0, 0.1) is 5.92 Å². The highest BCUT2D eigenvalue weighted by Gasteiger charge is 2.09. The van der Waals surface area contributed by atoms with Crippen molar-refractivity contribution < 1.29 is 4.79 Å². The first kappa shape index (κ1) is 14.3. The summed E-state index contributed by atoms with van der Waals surface area (Å²) in [5.74, 6) is 0.511. The van der Waals surface area contributed by atoms with Crippen molar-refractivity contribution in [2.45, 2.75) is 20.3 Å².